The summed E-state index contributed by atoms with van der Waals surface area (Å²) in [4.78, 5) is 33.3. The molecule has 1 spiro atoms. The van der Waals surface area contributed by atoms with Gasteiger partial charge in [-0.05, 0) is 12.8 Å². The van der Waals surface area contributed by atoms with E-state index < -0.39 is 29.2 Å². The largest absolute Gasteiger partial charge is 0.481 e. The lowest BCUT2D eigenvalue weighted by Gasteiger charge is -2.42. The number of cyclic esters (lactones) is 2. The normalized spacial score (nSPS) is 29.6. The second-order valence-electron chi connectivity index (χ2n) is 3.78. The quantitative estimate of drug-likeness (QED) is 0.485. The lowest BCUT2D eigenvalue weighted by Crippen LogP contribution is -2.60. The van der Waals surface area contributed by atoms with Gasteiger partial charge >= 0.3 is 17.9 Å². The Morgan fingerprint density at radius 2 is 2.00 bits per heavy atom. The van der Waals surface area contributed by atoms with E-state index in [-0.39, 0.29) is 0 Å². The summed E-state index contributed by atoms with van der Waals surface area (Å²) in [5.74, 6) is -3.27. The second-order valence-corrected chi connectivity index (χ2v) is 3.78. The molecule has 0 amide bonds. The van der Waals surface area contributed by atoms with E-state index >= 15 is 0 Å². The highest BCUT2D eigenvalue weighted by Gasteiger charge is 2.65. The topological polar surface area (TPSA) is 80.7 Å². The monoisotopic (exact) mass is 198 g/mol. The maximum atomic E-state index is 11.2. The van der Waals surface area contributed by atoms with Gasteiger partial charge < -0.3 is 9.84 Å². The molecule has 2 aliphatic rings. The molecule has 1 unspecified atom stereocenters. The Hall–Kier alpha value is -1.39. The molecule has 76 valence electrons. The van der Waals surface area contributed by atoms with E-state index in [1.54, 1.807) is 0 Å². The first-order chi connectivity index (χ1) is 6.59. The van der Waals surface area contributed by atoms with E-state index in [2.05, 4.69) is 4.74 Å². The molecular formula is C9H10O5. The molecule has 1 heterocycles. The van der Waals surface area contributed by atoms with Gasteiger partial charge in [0, 0.05) is 0 Å². The Bertz CT molecular complexity index is 305. The van der Waals surface area contributed by atoms with Gasteiger partial charge in [-0.25, -0.2) is 0 Å². The van der Waals surface area contributed by atoms with Gasteiger partial charge in [0.15, 0.2) is 5.41 Å². The number of rotatable bonds is 1. The minimum absolute atomic E-state index is 0.321. The van der Waals surface area contributed by atoms with E-state index in [9.17, 15) is 14.4 Å². The summed E-state index contributed by atoms with van der Waals surface area (Å²) in [5.41, 5.74) is -1.34. The zero-order valence-electron chi connectivity index (χ0n) is 7.49. The molecular weight excluding hydrogens is 188 g/mol. The van der Waals surface area contributed by atoms with Crippen molar-refractivity contribution in [1.82, 2.24) is 0 Å². The molecule has 1 aliphatic heterocycles. The highest BCUT2D eigenvalue weighted by Crippen LogP contribution is 2.48. The van der Waals surface area contributed by atoms with Crippen LogP contribution in [0.5, 0.6) is 0 Å². The van der Waals surface area contributed by atoms with Crippen molar-refractivity contribution in [3.05, 3.63) is 0 Å². The number of aliphatic carboxylic acids is 1. The fraction of sp³-hybridized carbons (Fsp3) is 0.667. The number of esters is 2. The van der Waals surface area contributed by atoms with Crippen LogP contribution in [-0.4, -0.2) is 23.0 Å². The minimum atomic E-state index is -1.34. The predicted octanol–water partition coefficient (Wildman–Crippen LogP) is 0.331. The average Bonchev–Trinajstić information content (AvgIpc) is 2.18. The second kappa shape index (κ2) is 2.80. The fourth-order valence-corrected chi connectivity index (χ4v) is 2.30. The molecule has 0 bridgehead atoms. The molecule has 0 radical (unpaired) electrons. The molecule has 14 heavy (non-hydrogen) atoms. The van der Waals surface area contributed by atoms with E-state index in [0.717, 1.165) is 6.42 Å². The molecule has 2 fully saturated rings. The van der Waals surface area contributed by atoms with Gasteiger partial charge in [0.1, 0.15) is 0 Å². The molecule has 1 saturated carbocycles. The minimum Gasteiger partial charge on any atom is -0.481 e. The van der Waals surface area contributed by atoms with Crippen LogP contribution < -0.4 is 0 Å². The SMILES string of the molecule is O=C(O)C1CCCCC12C(=O)OC2=O. The van der Waals surface area contributed by atoms with Gasteiger partial charge in [-0.3, -0.25) is 14.4 Å². The number of ether oxygens (including phenoxy) is 1. The van der Waals surface area contributed by atoms with Crippen molar-refractivity contribution in [2.45, 2.75) is 25.7 Å². The summed E-state index contributed by atoms with van der Waals surface area (Å²) in [7, 11) is 0. The van der Waals surface area contributed by atoms with Crippen molar-refractivity contribution >= 4 is 17.9 Å². The Morgan fingerprint density at radius 1 is 1.36 bits per heavy atom. The molecule has 5 heteroatoms. The summed E-state index contributed by atoms with van der Waals surface area (Å²) in [6.07, 6.45) is 2.17. The lowest BCUT2D eigenvalue weighted by molar-refractivity contribution is -0.208. The highest BCUT2D eigenvalue weighted by molar-refractivity contribution is 6.16. The summed E-state index contributed by atoms with van der Waals surface area (Å²) < 4.78 is 4.27. The summed E-state index contributed by atoms with van der Waals surface area (Å²) in [6.45, 7) is 0. The van der Waals surface area contributed by atoms with Gasteiger partial charge in [0.25, 0.3) is 0 Å². The van der Waals surface area contributed by atoms with Crippen LogP contribution in [-0.2, 0) is 19.1 Å². The molecule has 5 nitrogen and oxygen atoms in total. The molecule has 0 aromatic rings. The maximum absolute atomic E-state index is 11.2. The standard InChI is InChI=1S/C9H10O5/c10-6(11)5-3-1-2-4-9(5)7(12)14-8(9)13/h5H,1-4H2,(H,10,11). The number of carbonyl (C=O) groups is 3. The number of hydrogen-bond acceptors (Lipinski definition) is 4. The third kappa shape index (κ3) is 0.921. The molecule has 2 rings (SSSR count). The van der Waals surface area contributed by atoms with Crippen LogP contribution in [0.15, 0.2) is 0 Å². The van der Waals surface area contributed by atoms with Gasteiger partial charge in [0.2, 0.25) is 0 Å². The zero-order chi connectivity index (χ0) is 10.3. The van der Waals surface area contributed by atoms with Gasteiger partial charge in [-0.1, -0.05) is 12.8 Å². The fourth-order valence-electron chi connectivity index (χ4n) is 2.30. The van der Waals surface area contributed by atoms with Crippen molar-refractivity contribution in [3.8, 4) is 0 Å². The van der Waals surface area contributed by atoms with Gasteiger partial charge in [-0.15, -0.1) is 0 Å². The van der Waals surface area contributed by atoms with Crippen LogP contribution in [0.1, 0.15) is 25.7 Å². The maximum Gasteiger partial charge on any atom is 0.332 e. The number of carboxylic acids is 1. The van der Waals surface area contributed by atoms with Gasteiger partial charge in [-0.2, -0.15) is 0 Å². The van der Waals surface area contributed by atoms with Crippen LogP contribution in [0.3, 0.4) is 0 Å². The Morgan fingerprint density at radius 3 is 2.43 bits per heavy atom. The molecule has 1 N–H and O–H groups in total. The van der Waals surface area contributed by atoms with Crippen molar-refractivity contribution in [3.63, 3.8) is 0 Å². The zero-order valence-corrected chi connectivity index (χ0v) is 7.49. The van der Waals surface area contributed by atoms with E-state index in [0.29, 0.717) is 19.3 Å². The molecule has 0 aromatic carbocycles. The van der Waals surface area contributed by atoms with Crippen LogP contribution in [0.4, 0.5) is 0 Å². The van der Waals surface area contributed by atoms with Crippen LogP contribution in [0, 0.1) is 11.3 Å². The van der Waals surface area contributed by atoms with E-state index in [4.69, 9.17) is 5.11 Å². The summed E-state index contributed by atoms with van der Waals surface area (Å²) in [6, 6.07) is 0. The van der Waals surface area contributed by atoms with E-state index in [1.165, 1.54) is 0 Å². The Kier molecular flexibility index (Phi) is 1.83. The third-order valence-corrected chi connectivity index (χ3v) is 3.12. The molecule has 1 saturated heterocycles. The van der Waals surface area contributed by atoms with Crippen LogP contribution >= 0.6 is 0 Å². The smallest absolute Gasteiger partial charge is 0.332 e. The first-order valence-electron chi connectivity index (χ1n) is 4.58. The van der Waals surface area contributed by atoms with Crippen molar-refractivity contribution < 1.29 is 24.2 Å². The Balaban J connectivity index is 2.34. The van der Waals surface area contributed by atoms with Crippen LogP contribution in [0.2, 0.25) is 0 Å². The summed E-state index contributed by atoms with van der Waals surface area (Å²) >= 11 is 0. The van der Waals surface area contributed by atoms with Crippen molar-refractivity contribution in [1.29, 1.82) is 0 Å². The van der Waals surface area contributed by atoms with Crippen LogP contribution in [0.25, 0.3) is 0 Å². The third-order valence-electron chi connectivity index (χ3n) is 3.12. The predicted molar refractivity (Wildman–Crippen MR) is 43.1 cm³/mol. The molecule has 1 aliphatic carbocycles. The summed E-state index contributed by atoms with van der Waals surface area (Å²) in [5, 5.41) is 8.91. The Labute approximate surface area is 80.0 Å². The van der Waals surface area contributed by atoms with Crippen molar-refractivity contribution in [2.24, 2.45) is 11.3 Å². The van der Waals surface area contributed by atoms with E-state index in [1.807, 2.05) is 0 Å². The number of carboxylic acid groups (broad SMARTS) is 1. The van der Waals surface area contributed by atoms with Crippen molar-refractivity contribution in [2.75, 3.05) is 0 Å². The first kappa shape index (κ1) is 9.18. The highest BCUT2D eigenvalue weighted by atomic mass is 16.6. The number of carbonyl (C=O) groups excluding carboxylic acids is 2. The number of hydrogen-bond donors (Lipinski definition) is 1. The molecule has 0 aromatic heterocycles. The molecule has 1 atom stereocenters. The first-order valence-corrected chi connectivity index (χ1v) is 4.58. The van der Waals surface area contributed by atoms with Gasteiger partial charge in [0.05, 0.1) is 5.92 Å². The average molecular weight is 198 g/mol. The lowest BCUT2D eigenvalue weighted by atomic mass is 9.64.